The smallest absolute Gasteiger partial charge is 0.220 e. The highest BCUT2D eigenvalue weighted by molar-refractivity contribution is 6.19. The molecule has 82 valence electrons. The minimum Gasteiger partial charge on any atom is -0.349 e. The van der Waals surface area contributed by atoms with Crippen molar-refractivity contribution >= 4 is 17.5 Å². The molecule has 0 aromatic carbocycles. The molecule has 1 aliphatic carbocycles. The summed E-state index contributed by atoms with van der Waals surface area (Å²) < 4.78 is 0. The SMILES string of the molecule is CCCCCCC(=O)NC1(CCl)CC1. The minimum atomic E-state index is -0.0244. The number of amides is 1. The van der Waals surface area contributed by atoms with Crippen LogP contribution in [0.4, 0.5) is 0 Å². The lowest BCUT2D eigenvalue weighted by Crippen LogP contribution is -2.38. The van der Waals surface area contributed by atoms with Crippen molar-refractivity contribution in [2.45, 2.75) is 57.4 Å². The first kappa shape index (κ1) is 11.8. The Morgan fingerprint density at radius 3 is 2.57 bits per heavy atom. The van der Waals surface area contributed by atoms with E-state index in [1.54, 1.807) is 0 Å². The second kappa shape index (κ2) is 5.59. The van der Waals surface area contributed by atoms with Crippen molar-refractivity contribution in [3.05, 3.63) is 0 Å². The van der Waals surface area contributed by atoms with Gasteiger partial charge in [-0.1, -0.05) is 26.2 Å². The fourth-order valence-corrected chi connectivity index (χ4v) is 1.85. The zero-order chi connectivity index (χ0) is 10.4. The molecule has 1 rings (SSSR count). The van der Waals surface area contributed by atoms with Gasteiger partial charge >= 0.3 is 0 Å². The summed E-state index contributed by atoms with van der Waals surface area (Å²) in [5, 5.41) is 3.02. The number of nitrogens with one attached hydrogen (secondary N) is 1. The van der Waals surface area contributed by atoms with Gasteiger partial charge in [0.1, 0.15) is 0 Å². The third-order valence-electron chi connectivity index (χ3n) is 2.77. The number of carbonyl (C=O) groups is 1. The molecule has 3 heteroatoms. The van der Waals surface area contributed by atoms with Crippen LogP contribution >= 0.6 is 11.6 Å². The van der Waals surface area contributed by atoms with E-state index in [2.05, 4.69) is 12.2 Å². The summed E-state index contributed by atoms with van der Waals surface area (Å²) in [5.41, 5.74) is -0.0244. The summed E-state index contributed by atoms with van der Waals surface area (Å²) in [6, 6.07) is 0. The van der Waals surface area contributed by atoms with Crippen molar-refractivity contribution in [3.63, 3.8) is 0 Å². The van der Waals surface area contributed by atoms with E-state index in [0.29, 0.717) is 12.3 Å². The van der Waals surface area contributed by atoms with Gasteiger partial charge in [-0.25, -0.2) is 0 Å². The Bertz CT molecular complexity index is 190. The summed E-state index contributed by atoms with van der Waals surface area (Å²) in [7, 11) is 0. The van der Waals surface area contributed by atoms with Crippen LogP contribution in [-0.2, 0) is 4.79 Å². The van der Waals surface area contributed by atoms with E-state index >= 15 is 0 Å². The molecule has 2 nitrogen and oxygen atoms in total. The lowest BCUT2D eigenvalue weighted by molar-refractivity contribution is -0.122. The predicted molar refractivity (Wildman–Crippen MR) is 59.6 cm³/mol. The Labute approximate surface area is 91.4 Å². The molecule has 0 heterocycles. The molecular formula is C11H20ClNO. The largest absolute Gasteiger partial charge is 0.349 e. The molecule has 0 radical (unpaired) electrons. The first-order valence-corrected chi connectivity index (χ1v) is 6.13. The van der Waals surface area contributed by atoms with Gasteiger partial charge in [-0.3, -0.25) is 4.79 Å². The van der Waals surface area contributed by atoms with Crippen LogP contribution in [0.3, 0.4) is 0 Å². The van der Waals surface area contributed by atoms with Gasteiger partial charge in [0.15, 0.2) is 0 Å². The van der Waals surface area contributed by atoms with E-state index < -0.39 is 0 Å². The first-order valence-electron chi connectivity index (χ1n) is 5.59. The second-order valence-corrected chi connectivity index (χ2v) is 4.54. The van der Waals surface area contributed by atoms with Crippen molar-refractivity contribution in [3.8, 4) is 0 Å². The third-order valence-corrected chi connectivity index (χ3v) is 3.28. The number of carbonyl (C=O) groups excluding carboxylic acids is 1. The van der Waals surface area contributed by atoms with Gasteiger partial charge in [-0.15, -0.1) is 11.6 Å². The summed E-state index contributed by atoms with van der Waals surface area (Å²) in [5.74, 6) is 0.743. The fourth-order valence-electron chi connectivity index (χ4n) is 1.51. The maximum atomic E-state index is 11.5. The molecule has 0 aromatic rings. The first-order chi connectivity index (χ1) is 6.72. The summed E-state index contributed by atoms with van der Waals surface area (Å²) in [4.78, 5) is 11.5. The maximum absolute atomic E-state index is 11.5. The Morgan fingerprint density at radius 1 is 1.36 bits per heavy atom. The summed E-state index contributed by atoms with van der Waals surface area (Å²) in [6.07, 6.45) is 7.39. The third kappa shape index (κ3) is 3.87. The highest BCUT2D eigenvalue weighted by Gasteiger charge is 2.42. The van der Waals surface area contributed by atoms with Gasteiger partial charge < -0.3 is 5.32 Å². The molecule has 1 saturated carbocycles. The van der Waals surface area contributed by atoms with E-state index in [0.717, 1.165) is 25.7 Å². The van der Waals surface area contributed by atoms with Crippen LogP contribution in [0.25, 0.3) is 0 Å². The van der Waals surface area contributed by atoms with Crippen molar-refractivity contribution in [1.29, 1.82) is 0 Å². The molecule has 1 N–H and O–H groups in total. The van der Waals surface area contributed by atoms with Crippen LogP contribution in [0.15, 0.2) is 0 Å². The molecule has 0 atom stereocenters. The molecule has 0 unspecified atom stereocenters. The Morgan fingerprint density at radius 2 is 2.07 bits per heavy atom. The van der Waals surface area contributed by atoms with Gasteiger partial charge in [0.2, 0.25) is 5.91 Å². The van der Waals surface area contributed by atoms with Crippen molar-refractivity contribution < 1.29 is 4.79 Å². The Balaban J connectivity index is 2.04. The van der Waals surface area contributed by atoms with Gasteiger partial charge in [0.25, 0.3) is 0 Å². The van der Waals surface area contributed by atoms with E-state index in [4.69, 9.17) is 11.6 Å². The highest BCUT2D eigenvalue weighted by atomic mass is 35.5. The standard InChI is InChI=1S/C11H20ClNO/c1-2-3-4-5-6-10(14)13-11(9-12)7-8-11/h2-9H2,1H3,(H,13,14). The zero-order valence-corrected chi connectivity index (χ0v) is 9.70. The van der Waals surface area contributed by atoms with Gasteiger partial charge in [-0.2, -0.15) is 0 Å². The van der Waals surface area contributed by atoms with Gasteiger partial charge in [0, 0.05) is 12.3 Å². The number of rotatable bonds is 7. The number of unbranched alkanes of at least 4 members (excludes halogenated alkanes) is 3. The lowest BCUT2D eigenvalue weighted by atomic mass is 10.1. The average molecular weight is 218 g/mol. The molecule has 0 aromatic heterocycles. The lowest BCUT2D eigenvalue weighted by Gasteiger charge is -2.13. The van der Waals surface area contributed by atoms with Crippen LogP contribution < -0.4 is 5.32 Å². The Hall–Kier alpha value is -0.240. The molecule has 1 amide bonds. The van der Waals surface area contributed by atoms with Crippen LogP contribution in [0, 0.1) is 0 Å². The van der Waals surface area contributed by atoms with Crippen LogP contribution in [0.1, 0.15) is 51.9 Å². The van der Waals surface area contributed by atoms with Crippen LogP contribution in [0.5, 0.6) is 0 Å². The predicted octanol–water partition coefficient (Wildman–Crippen LogP) is 2.84. The average Bonchev–Trinajstić information content (AvgIpc) is 2.93. The maximum Gasteiger partial charge on any atom is 0.220 e. The summed E-state index contributed by atoms with van der Waals surface area (Å²) in [6.45, 7) is 2.17. The molecule has 0 spiro atoms. The van der Waals surface area contributed by atoms with E-state index in [-0.39, 0.29) is 11.4 Å². The summed E-state index contributed by atoms with van der Waals surface area (Å²) >= 11 is 5.77. The molecular weight excluding hydrogens is 198 g/mol. The molecule has 14 heavy (non-hydrogen) atoms. The normalized spacial score (nSPS) is 17.9. The van der Waals surface area contributed by atoms with Gasteiger partial charge in [0.05, 0.1) is 5.54 Å². The van der Waals surface area contributed by atoms with Crippen molar-refractivity contribution in [2.75, 3.05) is 5.88 Å². The minimum absolute atomic E-state index is 0.0244. The topological polar surface area (TPSA) is 29.1 Å². The molecule has 1 fully saturated rings. The Kier molecular flexibility index (Phi) is 4.73. The number of hydrogen-bond acceptors (Lipinski definition) is 1. The number of halogens is 1. The molecule has 1 aliphatic rings. The molecule has 0 aliphatic heterocycles. The number of hydrogen-bond donors (Lipinski definition) is 1. The van der Waals surface area contributed by atoms with E-state index in [1.165, 1.54) is 12.8 Å². The highest BCUT2D eigenvalue weighted by Crippen LogP contribution is 2.36. The quantitative estimate of drug-likeness (QED) is 0.516. The fraction of sp³-hybridized carbons (Fsp3) is 0.909. The second-order valence-electron chi connectivity index (χ2n) is 4.27. The number of alkyl halides is 1. The molecule has 0 bridgehead atoms. The van der Waals surface area contributed by atoms with Crippen molar-refractivity contribution in [2.24, 2.45) is 0 Å². The molecule has 0 saturated heterocycles. The monoisotopic (exact) mass is 217 g/mol. The van der Waals surface area contributed by atoms with Crippen LogP contribution in [0.2, 0.25) is 0 Å². The van der Waals surface area contributed by atoms with Crippen molar-refractivity contribution in [1.82, 2.24) is 5.32 Å². The van der Waals surface area contributed by atoms with Gasteiger partial charge in [-0.05, 0) is 19.3 Å². The zero-order valence-electron chi connectivity index (χ0n) is 8.94. The van der Waals surface area contributed by atoms with Crippen LogP contribution in [-0.4, -0.2) is 17.3 Å². The van der Waals surface area contributed by atoms with E-state index in [1.807, 2.05) is 0 Å². The van der Waals surface area contributed by atoms with E-state index in [9.17, 15) is 4.79 Å².